The number of hydrogen-bond donors (Lipinski definition) is 1. The van der Waals surface area contributed by atoms with Gasteiger partial charge in [-0.1, -0.05) is 30.4 Å². The van der Waals surface area contributed by atoms with Crippen molar-refractivity contribution in [2.45, 2.75) is 18.7 Å². The van der Waals surface area contributed by atoms with Gasteiger partial charge in [0.05, 0.1) is 22.4 Å². The number of fused-ring (bicyclic) bond motifs is 1. The summed E-state index contributed by atoms with van der Waals surface area (Å²) in [6, 6.07) is 13.9. The maximum Gasteiger partial charge on any atom is 0.252 e. The number of carbonyl (C=O) groups excluding carboxylic acids is 1. The van der Waals surface area contributed by atoms with Crippen molar-refractivity contribution in [3.05, 3.63) is 48.0 Å². The van der Waals surface area contributed by atoms with Gasteiger partial charge in [0.15, 0.2) is 5.13 Å². The molecule has 2 aromatic carbocycles. The fourth-order valence-corrected chi connectivity index (χ4v) is 5.65. The fraction of sp³-hybridized carbons (Fsp3) is 0.417. The Morgan fingerprint density at radius 3 is 2.75 bits per heavy atom. The number of rotatable bonds is 9. The molecule has 0 unspecified atom stereocenters. The molecule has 1 fully saturated rings. The van der Waals surface area contributed by atoms with Gasteiger partial charge in [-0.25, -0.2) is 4.98 Å². The van der Waals surface area contributed by atoms with Gasteiger partial charge < -0.3 is 15.0 Å². The highest BCUT2D eigenvalue weighted by Gasteiger charge is 2.20. The summed E-state index contributed by atoms with van der Waals surface area (Å²) >= 11 is 3.43. The molecule has 8 heteroatoms. The molecule has 170 valence electrons. The lowest BCUT2D eigenvalue weighted by molar-refractivity contribution is 0.0945. The van der Waals surface area contributed by atoms with Gasteiger partial charge in [0.1, 0.15) is 5.75 Å². The second-order valence-corrected chi connectivity index (χ2v) is 9.89. The van der Waals surface area contributed by atoms with E-state index in [-0.39, 0.29) is 5.91 Å². The summed E-state index contributed by atoms with van der Waals surface area (Å²) in [6.45, 7) is 10.1. The van der Waals surface area contributed by atoms with E-state index in [0.29, 0.717) is 13.2 Å². The minimum absolute atomic E-state index is 0.0149. The van der Waals surface area contributed by atoms with Crippen molar-refractivity contribution in [1.29, 1.82) is 0 Å². The molecule has 0 radical (unpaired) electrons. The maximum atomic E-state index is 12.6. The number of nitrogens with one attached hydrogen (secondary N) is 1. The number of thiazole rings is 1. The van der Waals surface area contributed by atoms with Crippen LogP contribution in [-0.4, -0.2) is 67.4 Å². The number of benzene rings is 2. The highest BCUT2D eigenvalue weighted by atomic mass is 32.2. The number of ether oxygens (including phenoxy) is 1. The quantitative estimate of drug-likeness (QED) is 0.469. The Hall–Kier alpha value is -2.29. The number of thioether (sulfide) groups is 1. The third-order valence-corrected chi connectivity index (χ3v) is 7.48. The number of anilines is 1. The van der Waals surface area contributed by atoms with Crippen LogP contribution in [0.4, 0.5) is 5.13 Å². The Bertz CT molecular complexity index is 1050. The van der Waals surface area contributed by atoms with E-state index in [4.69, 9.17) is 9.72 Å². The van der Waals surface area contributed by atoms with Crippen LogP contribution in [0.5, 0.6) is 5.75 Å². The van der Waals surface area contributed by atoms with E-state index in [0.717, 1.165) is 70.0 Å². The fourth-order valence-electron chi connectivity index (χ4n) is 3.81. The van der Waals surface area contributed by atoms with Crippen molar-refractivity contribution in [3.8, 4) is 5.75 Å². The molecule has 32 heavy (non-hydrogen) atoms. The summed E-state index contributed by atoms with van der Waals surface area (Å²) in [5, 5.41) is 4.17. The molecule has 0 bridgehead atoms. The molecule has 4 rings (SSSR count). The molecule has 1 saturated heterocycles. The lowest BCUT2D eigenvalue weighted by atomic mass is 10.2. The highest BCUT2D eigenvalue weighted by Crippen LogP contribution is 2.32. The van der Waals surface area contributed by atoms with Crippen molar-refractivity contribution in [2.24, 2.45) is 0 Å². The number of hydrogen-bond acceptors (Lipinski definition) is 7. The van der Waals surface area contributed by atoms with Crippen LogP contribution in [0.1, 0.15) is 24.2 Å². The van der Waals surface area contributed by atoms with E-state index in [1.165, 1.54) is 0 Å². The first-order valence-corrected chi connectivity index (χ1v) is 13.0. The zero-order valence-corrected chi connectivity index (χ0v) is 20.3. The average Bonchev–Trinajstić information content (AvgIpc) is 3.24. The van der Waals surface area contributed by atoms with Gasteiger partial charge >= 0.3 is 0 Å². The largest absolute Gasteiger partial charge is 0.494 e. The van der Waals surface area contributed by atoms with Crippen molar-refractivity contribution in [1.82, 2.24) is 15.2 Å². The predicted molar refractivity (Wildman–Crippen MR) is 135 cm³/mol. The zero-order valence-electron chi connectivity index (χ0n) is 18.7. The number of amides is 1. The molecule has 6 nitrogen and oxygen atoms in total. The zero-order chi connectivity index (χ0) is 22.3. The molecular formula is C24H30N4O2S2. The van der Waals surface area contributed by atoms with Crippen LogP contribution < -0.4 is 15.0 Å². The minimum atomic E-state index is 0.0149. The smallest absolute Gasteiger partial charge is 0.252 e. The van der Waals surface area contributed by atoms with Crippen molar-refractivity contribution in [3.63, 3.8) is 0 Å². The SMILES string of the molecule is CCOc1ccc2nc(N3CCN(CCNC(=O)c4ccccc4SCC)CC3)sc2c1. The van der Waals surface area contributed by atoms with Gasteiger partial charge in [-0.2, -0.15) is 0 Å². The number of aromatic nitrogens is 1. The van der Waals surface area contributed by atoms with Crippen molar-refractivity contribution < 1.29 is 9.53 Å². The Morgan fingerprint density at radius 1 is 1.16 bits per heavy atom. The van der Waals surface area contributed by atoms with Crippen LogP contribution in [0.2, 0.25) is 0 Å². The second-order valence-electron chi connectivity index (χ2n) is 7.57. The normalized spacial score (nSPS) is 14.6. The summed E-state index contributed by atoms with van der Waals surface area (Å²) < 4.78 is 6.78. The van der Waals surface area contributed by atoms with Gasteiger partial charge in [-0.15, -0.1) is 11.8 Å². The standard InChI is InChI=1S/C24H30N4O2S2/c1-3-30-18-9-10-20-22(17-18)32-24(26-20)28-15-13-27(14-16-28)12-11-25-23(29)19-7-5-6-8-21(19)31-4-2/h5-10,17H,3-4,11-16H2,1-2H3,(H,25,29). The maximum absolute atomic E-state index is 12.6. The van der Waals surface area contributed by atoms with Crippen LogP contribution in [0, 0.1) is 0 Å². The topological polar surface area (TPSA) is 57.7 Å². The Morgan fingerprint density at radius 2 is 1.97 bits per heavy atom. The summed E-state index contributed by atoms with van der Waals surface area (Å²) in [6.07, 6.45) is 0. The minimum Gasteiger partial charge on any atom is -0.494 e. The molecule has 1 aliphatic heterocycles. The molecule has 3 aromatic rings. The van der Waals surface area contributed by atoms with Gasteiger partial charge in [0.25, 0.3) is 5.91 Å². The van der Waals surface area contributed by atoms with Crippen LogP contribution >= 0.6 is 23.1 Å². The second kappa shape index (κ2) is 11.0. The Labute approximate surface area is 198 Å². The monoisotopic (exact) mass is 470 g/mol. The van der Waals surface area contributed by atoms with E-state index < -0.39 is 0 Å². The van der Waals surface area contributed by atoms with E-state index in [1.807, 2.05) is 43.3 Å². The van der Waals surface area contributed by atoms with E-state index in [1.54, 1.807) is 23.1 Å². The summed E-state index contributed by atoms with van der Waals surface area (Å²) in [5.74, 6) is 1.87. The molecule has 1 amide bonds. The van der Waals surface area contributed by atoms with E-state index in [2.05, 4.69) is 28.1 Å². The summed E-state index contributed by atoms with van der Waals surface area (Å²) in [4.78, 5) is 23.2. The molecule has 0 saturated carbocycles. The third kappa shape index (κ3) is 5.54. The molecular weight excluding hydrogens is 440 g/mol. The molecule has 0 spiro atoms. The molecule has 2 heterocycles. The molecule has 0 atom stereocenters. The lowest BCUT2D eigenvalue weighted by Gasteiger charge is -2.34. The van der Waals surface area contributed by atoms with E-state index in [9.17, 15) is 4.79 Å². The number of nitrogens with zero attached hydrogens (tertiary/aromatic N) is 3. The van der Waals surface area contributed by atoms with Crippen LogP contribution in [0.3, 0.4) is 0 Å². The Kier molecular flexibility index (Phi) is 7.89. The molecule has 1 N–H and O–H groups in total. The predicted octanol–water partition coefficient (Wildman–Crippen LogP) is 4.36. The van der Waals surface area contributed by atoms with Crippen molar-refractivity contribution in [2.75, 3.05) is 56.5 Å². The molecule has 1 aromatic heterocycles. The van der Waals surface area contributed by atoms with Crippen molar-refractivity contribution >= 4 is 44.4 Å². The summed E-state index contributed by atoms with van der Waals surface area (Å²) in [5.41, 5.74) is 1.80. The van der Waals surface area contributed by atoms with Crippen LogP contribution in [-0.2, 0) is 0 Å². The third-order valence-electron chi connectivity index (χ3n) is 5.45. The van der Waals surface area contributed by atoms with Gasteiger partial charge in [-0.3, -0.25) is 9.69 Å². The average molecular weight is 471 g/mol. The van der Waals surface area contributed by atoms with Gasteiger partial charge in [-0.05, 0) is 43.0 Å². The number of carbonyl (C=O) groups is 1. The highest BCUT2D eigenvalue weighted by molar-refractivity contribution is 7.99. The summed E-state index contributed by atoms with van der Waals surface area (Å²) in [7, 11) is 0. The van der Waals surface area contributed by atoms with E-state index >= 15 is 0 Å². The first kappa shape index (κ1) is 22.9. The van der Waals surface area contributed by atoms with Gasteiger partial charge in [0, 0.05) is 44.2 Å². The Balaban J connectivity index is 1.25. The first-order chi connectivity index (χ1) is 15.7. The number of piperazine rings is 1. The van der Waals surface area contributed by atoms with Gasteiger partial charge in [0.2, 0.25) is 0 Å². The van der Waals surface area contributed by atoms with Crippen LogP contribution in [0.15, 0.2) is 47.4 Å². The molecule has 0 aliphatic carbocycles. The lowest BCUT2D eigenvalue weighted by Crippen LogP contribution is -2.48. The molecule has 1 aliphatic rings. The van der Waals surface area contributed by atoms with Crippen LogP contribution in [0.25, 0.3) is 10.2 Å². The first-order valence-electron chi connectivity index (χ1n) is 11.2.